The Balaban J connectivity index is 0. The van der Waals surface area contributed by atoms with Gasteiger partial charge in [-0.1, -0.05) is 20.4 Å². The summed E-state index contributed by atoms with van der Waals surface area (Å²) in [5.41, 5.74) is 7.60. The van der Waals surface area contributed by atoms with Gasteiger partial charge in [0.25, 0.3) is 0 Å². The molecule has 88 valence electrons. The first-order valence-electron chi connectivity index (χ1n) is 4.64. The van der Waals surface area contributed by atoms with Crippen molar-refractivity contribution >= 4 is 23.2 Å². The van der Waals surface area contributed by atoms with E-state index in [2.05, 4.69) is 24.2 Å². The maximum atomic E-state index is 11.2. The van der Waals surface area contributed by atoms with E-state index in [1.54, 1.807) is 6.92 Å². The van der Waals surface area contributed by atoms with Crippen molar-refractivity contribution in [2.75, 3.05) is 13.7 Å². The zero-order chi connectivity index (χ0) is 12.4. The standard InChI is InChI=1S/C7H13N3O2S.C2H6/c1-4-12-5(2)6(11)9-10(3)7(8)13;1-2/h2,4H2,1,3H3,(H2,8,13)(H,9,11);1-2H3. The summed E-state index contributed by atoms with van der Waals surface area (Å²) in [6.45, 7) is 9.56. The normalized spacial score (nSPS) is 8.00. The Morgan fingerprint density at radius 2 is 2.07 bits per heavy atom. The molecule has 0 aromatic heterocycles. The van der Waals surface area contributed by atoms with Gasteiger partial charge in [-0.05, 0) is 19.1 Å². The number of carbonyl (C=O) groups excluding carboxylic acids is 1. The van der Waals surface area contributed by atoms with E-state index < -0.39 is 5.91 Å². The van der Waals surface area contributed by atoms with E-state index in [1.165, 1.54) is 12.1 Å². The quantitative estimate of drug-likeness (QED) is 0.326. The van der Waals surface area contributed by atoms with Crippen LogP contribution in [0, 0.1) is 0 Å². The zero-order valence-corrected chi connectivity index (χ0v) is 10.5. The minimum atomic E-state index is -0.461. The monoisotopic (exact) mass is 233 g/mol. The van der Waals surface area contributed by atoms with Crippen LogP contribution in [-0.2, 0) is 9.53 Å². The topological polar surface area (TPSA) is 67.6 Å². The Morgan fingerprint density at radius 1 is 1.60 bits per heavy atom. The summed E-state index contributed by atoms with van der Waals surface area (Å²) in [5.74, 6) is -0.428. The molecule has 0 fully saturated rings. The van der Waals surface area contributed by atoms with E-state index in [0.29, 0.717) is 6.61 Å². The molecule has 0 bridgehead atoms. The Morgan fingerprint density at radius 3 is 2.40 bits per heavy atom. The highest BCUT2D eigenvalue weighted by atomic mass is 32.1. The number of hydrogen-bond donors (Lipinski definition) is 2. The lowest BCUT2D eigenvalue weighted by molar-refractivity contribution is -0.123. The summed E-state index contributed by atoms with van der Waals surface area (Å²) in [7, 11) is 1.53. The first kappa shape index (κ1) is 16.1. The van der Waals surface area contributed by atoms with E-state index in [1.807, 2.05) is 13.8 Å². The highest BCUT2D eigenvalue weighted by molar-refractivity contribution is 7.80. The predicted octanol–water partition coefficient (Wildman–Crippen LogP) is 0.769. The van der Waals surface area contributed by atoms with Crippen LogP contribution in [0.4, 0.5) is 0 Å². The molecule has 0 aromatic carbocycles. The van der Waals surface area contributed by atoms with Gasteiger partial charge in [0.15, 0.2) is 10.9 Å². The molecule has 0 rings (SSSR count). The Labute approximate surface area is 96.2 Å². The second kappa shape index (κ2) is 9.26. The number of rotatable bonds is 3. The molecule has 0 unspecified atom stereocenters. The predicted molar refractivity (Wildman–Crippen MR) is 64.8 cm³/mol. The van der Waals surface area contributed by atoms with Crippen LogP contribution in [0.5, 0.6) is 0 Å². The van der Waals surface area contributed by atoms with E-state index in [0.717, 1.165) is 0 Å². The van der Waals surface area contributed by atoms with E-state index in [-0.39, 0.29) is 10.9 Å². The number of carbonyl (C=O) groups is 1. The van der Waals surface area contributed by atoms with Crippen molar-refractivity contribution in [2.24, 2.45) is 5.73 Å². The first-order chi connectivity index (χ1) is 6.99. The molecule has 0 aromatic rings. The Kier molecular flexibility index (Phi) is 9.97. The number of hydrazine groups is 1. The van der Waals surface area contributed by atoms with E-state index in [9.17, 15) is 4.79 Å². The third kappa shape index (κ3) is 7.75. The second-order valence-electron chi connectivity index (χ2n) is 2.19. The van der Waals surface area contributed by atoms with Crippen molar-refractivity contribution in [3.63, 3.8) is 0 Å². The van der Waals surface area contributed by atoms with Crippen molar-refractivity contribution < 1.29 is 9.53 Å². The van der Waals surface area contributed by atoms with Gasteiger partial charge in [-0.3, -0.25) is 15.2 Å². The largest absolute Gasteiger partial charge is 0.489 e. The summed E-state index contributed by atoms with van der Waals surface area (Å²) < 4.78 is 4.87. The number of ether oxygens (including phenoxy) is 1. The molecule has 1 amide bonds. The number of nitrogens with two attached hydrogens (primary N) is 1. The maximum absolute atomic E-state index is 11.2. The molecule has 0 aliphatic carbocycles. The van der Waals surface area contributed by atoms with Gasteiger partial charge in [0, 0.05) is 7.05 Å². The molecule has 15 heavy (non-hydrogen) atoms. The molecule has 0 spiro atoms. The third-order valence-corrected chi connectivity index (χ3v) is 1.45. The number of amides is 1. The molecule has 0 aliphatic rings. The first-order valence-corrected chi connectivity index (χ1v) is 5.05. The van der Waals surface area contributed by atoms with Gasteiger partial charge in [-0.2, -0.15) is 0 Å². The number of hydrogen-bond acceptors (Lipinski definition) is 3. The van der Waals surface area contributed by atoms with Gasteiger partial charge in [0.2, 0.25) is 0 Å². The molecule has 0 atom stereocenters. The van der Waals surface area contributed by atoms with E-state index in [4.69, 9.17) is 10.5 Å². The summed E-state index contributed by atoms with van der Waals surface area (Å²) in [6.07, 6.45) is 0. The second-order valence-corrected chi connectivity index (χ2v) is 2.61. The van der Waals surface area contributed by atoms with Crippen LogP contribution in [0.2, 0.25) is 0 Å². The lowest BCUT2D eigenvalue weighted by Crippen LogP contribution is -2.46. The minimum Gasteiger partial charge on any atom is -0.489 e. The van der Waals surface area contributed by atoms with Crippen LogP contribution in [0.1, 0.15) is 20.8 Å². The summed E-state index contributed by atoms with van der Waals surface area (Å²) in [6, 6.07) is 0. The van der Waals surface area contributed by atoms with Gasteiger partial charge in [0.1, 0.15) is 0 Å². The SMILES string of the molecule is C=C(OCC)C(=O)NN(C)C(N)=S.CC. The minimum absolute atomic E-state index is 0.0330. The summed E-state index contributed by atoms with van der Waals surface area (Å²) in [4.78, 5) is 11.2. The van der Waals surface area contributed by atoms with Crippen LogP contribution < -0.4 is 11.2 Å². The zero-order valence-electron chi connectivity index (χ0n) is 9.66. The summed E-state index contributed by atoms with van der Waals surface area (Å²) >= 11 is 4.61. The molecule has 0 heterocycles. The van der Waals surface area contributed by atoms with Gasteiger partial charge < -0.3 is 10.5 Å². The number of thiocarbonyl (C=S) groups is 1. The lowest BCUT2D eigenvalue weighted by atomic mass is 10.5. The smallest absolute Gasteiger partial charge is 0.304 e. The van der Waals surface area contributed by atoms with Crippen molar-refractivity contribution in [1.82, 2.24) is 10.4 Å². The van der Waals surface area contributed by atoms with Crippen molar-refractivity contribution in [2.45, 2.75) is 20.8 Å². The fraction of sp³-hybridized carbons (Fsp3) is 0.556. The molecule has 3 N–H and O–H groups in total. The van der Waals surface area contributed by atoms with Crippen molar-refractivity contribution in [3.05, 3.63) is 12.3 Å². The van der Waals surface area contributed by atoms with Crippen LogP contribution >= 0.6 is 12.2 Å². The molecular weight excluding hydrogens is 214 g/mol. The molecular formula is C9H19N3O2S. The molecule has 6 heteroatoms. The van der Waals surface area contributed by atoms with Gasteiger partial charge in [-0.15, -0.1) is 0 Å². The fourth-order valence-corrected chi connectivity index (χ4v) is 0.555. The summed E-state index contributed by atoms with van der Waals surface area (Å²) in [5, 5.41) is 1.28. The lowest BCUT2D eigenvalue weighted by Gasteiger charge is -2.18. The molecule has 5 nitrogen and oxygen atoms in total. The maximum Gasteiger partial charge on any atom is 0.304 e. The van der Waals surface area contributed by atoms with Crippen LogP contribution in [0.15, 0.2) is 12.3 Å². The van der Waals surface area contributed by atoms with Crippen LogP contribution in [0.3, 0.4) is 0 Å². The molecule has 0 radical (unpaired) electrons. The van der Waals surface area contributed by atoms with Crippen LogP contribution in [0.25, 0.3) is 0 Å². The third-order valence-electron chi connectivity index (χ3n) is 1.17. The number of nitrogens with one attached hydrogen (secondary N) is 1. The van der Waals surface area contributed by atoms with Gasteiger partial charge in [0.05, 0.1) is 6.61 Å². The molecule has 0 saturated carbocycles. The van der Waals surface area contributed by atoms with Crippen LogP contribution in [-0.4, -0.2) is 29.7 Å². The Hall–Kier alpha value is -1.30. The fourth-order valence-electron chi connectivity index (χ4n) is 0.510. The molecule has 0 aliphatic heterocycles. The highest BCUT2D eigenvalue weighted by Gasteiger charge is 2.09. The Bertz CT molecular complexity index is 231. The van der Waals surface area contributed by atoms with E-state index >= 15 is 0 Å². The van der Waals surface area contributed by atoms with Crippen molar-refractivity contribution in [3.8, 4) is 0 Å². The molecule has 0 saturated heterocycles. The van der Waals surface area contributed by atoms with Crippen molar-refractivity contribution in [1.29, 1.82) is 0 Å². The average Bonchev–Trinajstić information content (AvgIpc) is 2.20. The van der Waals surface area contributed by atoms with Gasteiger partial charge >= 0.3 is 5.91 Å². The number of nitrogens with zero attached hydrogens (tertiary/aromatic N) is 1. The average molecular weight is 233 g/mol. The highest BCUT2D eigenvalue weighted by Crippen LogP contribution is 1.92. The van der Waals surface area contributed by atoms with Gasteiger partial charge in [-0.25, -0.2) is 0 Å².